The second-order valence-corrected chi connectivity index (χ2v) is 8.39. The fourth-order valence-corrected chi connectivity index (χ4v) is 3.36. The van der Waals surface area contributed by atoms with Crippen molar-refractivity contribution >= 4 is 16.9 Å². The van der Waals surface area contributed by atoms with Gasteiger partial charge in [0.25, 0.3) is 0 Å². The summed E-state index contributed by atoms with van der Waals surface area (Å²) < 4.78 is 39.0. The largest absolute Gasteiger partial charge is 0.462 e. The summed E-state index contributed by atoms with van der Waals surface area (Å²) >= 11 is 0. The van der Waals surface area contributed by atoms with Crippen LogP contribution < -0.4 is 5.56 Å². The van der Waals surface area contributed by atoms with Crippen molar-refractivity contribution in [2.75, 3.05) is 6.61 Å². The molecule has 0 amide bonds. The van der Waals surface area contributed by atoms with Gasteiger partial charge >= 0.3 is 12.1 Å². The fraction of sp³-hybridized carbons (Fsp3) is 0.448. The molecule has 1 aromatic heterocycles. The maximum atomic E-state index is 12.1. The maximum absolute atomic E-state index is 12.1. The molecule has 0 radical (unpaired) electrons. The van der Waals surface area contributed by atoms with Crippen LogP contribution in [0.3, 0.4) is 0 Å². The zero-order chi connectivity index (χ0) is 27.0. The number of esters is 1. The van der Waals surface area contributed by atoms with Crippen molar-refractivity contribution in [2.24, 2.45) is 0 Å². The number of pyridine rings is 1. The molecule has 0 bridgehead atoms. The first-order valence-corrected chi connectivity index (χ1v) is 12.3. The zero-order valence-corrected chi connectivity index (χ0v) is 21.3. The number of carbonyl (C=O) groups excluding carboxylic acids is 1. The summed E-state index contributed by atoms with van der Waals surface area (Å²) in [7, 11) is 0. The number of terminal acetylenes is 1. The number of unbranched alkanes of at least 4 members (excludes halogenated alkanes) is 2. The van der Waals surface area contributed by atoms with E-state index in [1.54, 1.807) is 13.0 Å². The Labute approximate surface area is 211 Å². The van der Waals surface area contributed by atoms with Gasteiger partial charge in [0.1, 0.15) is 0 Å². The summed E-state index contributed by atoms with van der Waals surface area (Å²) in [6, 6.07) is 9.45. The molecule has 0 aliphatic heterocycles. The monoisotopic (exact) mass is 503 g/mol. The van der Waals surface area contributed by atoms with Crippen LogP contribution in [-0.4, -0.2) is 23.7 Å². The molecule has 36 heavy (non-hydrogen) atoms. The van der Waals surface area contributed by atoms with Gasteiger partial charge in [0.15, 0.2) is 0 Å². The molecule has 196 valence electrons. The predicted octanol–water partition coefficient (Wildman–Crippen LogP) is 7.61. The van der Waals surface area contributed by atoms with E-state index in [2.05, 4.69) is 23.9 Å². The van der Waals surface area contributed by atoms with Crippen LogP contribution in [0.1, 0.15) is 77.2 Å². The van der Waals surface area contributed by atoms with Gasteiger partial charge in [-0.25, -0.2) is 4.79 Å². The first-order valence-electron chi connectivity index (χ1n) is 12.3. The number of H-pyrrole nitrogens is 1. The molecule has 1 unspecified atom stereocenters. The van der Waals surface area contributed by atoms with Crippen molar-refractivity contribution in [3.05, 3.63) is 70.1 Å². The number of ether oxygens (including phenoxy) is 1. The fourth-order valence-electron chi connectivity index (χ4n) is 3.36. The standard InChI is InChI=1S/C24H27NO3.C5H9F3/c1-4-7-16-28-24(27)19(9-5-2)11-8-10-18(6-3)20-12-14-22-21(17-20)13-15-23(26)25-22;1-2-3-4-5(6,7)8/h2,8-9,11-15,17-18H,4,6-7,10,16H2,1,3H3,(H,25,26);2-4H2,1H3/b11-8-,19-9+;. The molecular formula is C29H36F3NO3. The van der Waals surface area contributed by atoms with E-state index >= 15 is 0 Å². The molecule has 0 fully saturated rings. The zero-order valence-electron chi connectivity index (χ0n) is 21.3. The van der Waals surface area contributed by atoms with Gasteiger partial charge in [0, 0.05) is 24.1 Å². The molecule has 2 rings (SSSR count). The minimum absolute atomic E-state index is 0.103. The topological polar surface area (TPSA) is 59.2 Å². The van der Waals surface area contributed by atoms with Gasteiger partial charge in [0.2, 0.25) is 5.56 Å². The number of aromatic amines is 1. The van der Waals surface area contributed by atoms with Crippen LogP contribution in [-0.2, 0) is 9.53 Å². The van der Waals surface area contributed by atoms with Crippen LogP contribution in [0, 0.1) is 12.3 Å². The van der Waals surface area contributed by atoms with E-state index in [0.717, 1.165) is 36.6 Å². The highest BCUT2D eigenvalue weighted by Gasteiger charge is 2.25. The van der Waals surface area contributed by atoms with E-state index in [-0.39, 0.29) is 17.9 Å². The van der Waals surface area contributed by atoms with E-state index in [0.29, 0.717) is 24.5 Å². The third-order valence-corrected chi connectivity index (χ3v) is 5.45. The van der Waals surface area contributed by atoms with Crippen LogP contribution in [0.2, 0.25) is 0 Å². The Balaban J connectivity index is 0.000000697. The number of rotatable bonds is 11. The highest BCUT2D eigenvalue weighted by molar-refractivity contribution is 5.92. The van der Waals surface area contributed by atoms with Gasteiger partial charge < -0.3 is 9.72 Å². The van der Waals surface area contributed by atoms with Crippen molar-refractivity contribution in [3.8, 4) is 12.3 Å². The van der Waals surface area contributed by atoms with E-state index < -0.39 is 12.6 Å². The Morgan fingerprint density at radius 3 is 2.44 bits per heavy atom. The highest BCUT2D eigenvalue weighted by atomic mass is 19.4. The summed E-state index contributed by atoms with van der Waals surface area (Å²) in [6.07, 6.45) is 10.3. The minimum Gasteiger partial charge on any atom is -0.462 e. The Kier molecular flexibility index (Phi) is 14.0. The third-order valence-electron chi connectivity index (χ3n) is 5.45. The molecular weight excluding hydrogens is 467 g/mol. The van der Waals surface area contributed by atoms with Gasteiger partial charge in [-0.2, -0.15) is 13.2 Å². The number of hydrogen-bond donors (Lipinski definition) is 1. The summed E-state index contributed by atoms with van der Waals surface area (Å²) in [4.78, 5) is 26.4. The van der Waals surface area contributed by atoms with Gasteiger partial charge in [-0.3, -0.25) is 4.79 Å². The molecule has 0 aliphatic rings. The van der Waals surface area contributed by atoms with E-state index in [9.17, 15) is 22.8 Å². The quantitative estimate of drug-likeness (QED) is 0.113. The summed E-state index contributed by atoms with van der Waals surface area (Å²) in [5, 5.41) is 1.01. The number of carbonyl (C=O) groups is 1. The molecule has 7 heteroatoms. The first-order chi connectivity index (χ1) is 17.1. The predicted molar refractivity (Wildman–Crippen MR) is 140 cm³/mol. The summed E-state index contributed by atoms with van der Waals surface area (Å²) in [6.45, 7) is 6.32. The summed E-state index contributed by atoms with van der Waals surface area (Å²) in [5.74, 6) is 2.32. The second kappa shape index (κ2) is 16.4. The number of benzene rings is 1. The van der Waals surface area contributed by atoms with Crippen molar-refractivity contribution in [3.63, 3.8) is 0 Å². The molecule has 1 heterocycles. The van der Waals surface area contributed by atoms with Crippen LogP contribution in [0.4, 0.5) is 13.2 Å². The van der Waals surface area contributed by atoms with Crippen molar-refractivity contribution in [1.29, 1.82) is 0 Å². The molecule has 0 spiro atoms. The SMILES string of the molecule is C#C/C=C(\C=C/CC(CC)c1ccc2[nH]c(=O)ccc2c1)C(=O)OCCCC.CCCCC(F)(F)F. The first kappa shape index (κ1) is 30.8. The van der Waals surface area contributed by atoms with Gasteiger partial charge in [-0.15, -0.1) is 6.42 Å². The normalized spacial score (nSPS) is 12.6. The number of fused-ring (bicyclic) bond motifs is 1. The van der Waals surface area contributed by atoms with Crippen LogP contribution in [0.25, 0.3) is 10.9 Å². The van der Waals surface area contributed by atoms with Gasteiger partial charge in [0.05, 0.1) is 12.2 Å². The molecule has 1 aromatic carbocycles. The number of alkyl halides is 3. The Bertz CT molecular complexity index is 1110. The maximum Gasteiger partial charge on any atom is 0.389 e. The number of nitrogens with one attached hydrogen (secondary N) is 1. The molecule has 4 nitrogen and oxygen atoms in total. The van der Waals surface area contributed by atoms with Crippen molar-refractivity contribution in [1.82, 2.24) is 4.98 Å². The average molecular weight is 504 g/mol. The Morgan fingerprint density at radius 1 is 1.14 bits per heavy atom. The van der Waals surface area contributed by atoms with Crippen molar-refractivity contribution in [2.45, 2.75) is 77.8 Å². The van der Waals surface area contributed by atoms with E-state index in [1.807, 2.05) is 31.2 Å². The van der Waals surface area contributed by atoms with E-state index in [1.165, 1.54) is 17.7 Å². The van der Waals surface area contributed by atoms with Gasteiger partial charge in [-0.05, 0) is 60.7 Å². The van der Waals surface area contributed by atoms with E-state index in [4.69, 9.17) is 11.2 Å². The van der Waals surface area contributed by atoms with Crippen LogP contribution >= 0.6 is 0 Å². The lowest BCUT2D eigenvalue weighted by atomic mass is 9.92. The number of halogens is 3. The number of allylic oxidation sites excluding steroid dienone is 2. The average Bonchev–Trinajstić information content (AvgIpc) is 2.84. The summed E-state index contributed by atoms with van der Waals surface area (Å²) in [5.41, 5.74) is 2.31. The lowest BCUT2D eigenvalue weighted by Crippen LogP contribution is -2.07. The smallest absolute Gasteiger partial charge is 0.389 e. The Hall–Kier alpha value is -3.27. The molecule has 0 saturated heterocycles. The number of aromatic nitrogens is 1. The lowest BCUT2D eigenvalue weighted by molar-refractivity contribution is -0.138. The van der Waals surface area contributed by atoms with Crippen LogP contribution in [0.5, 0.6) is 0 Å². The third kappa shape index (κ3) is 11.9. The molecule has 1 N–H and O–H groups in total. The highest BCUT2D eigenvalue weighted by Crippen LogP contribution is 2.26. The molecule has 2 aromatic rings. The lowest BCUT2D eigenvalue weighted by Gasteiger charge is -2.14. The molecule has 0 saturated carbocycles. The second-order valence-electron chi connectivity index (χ2n) is 8.39. The molecule has 0 aliphatic carbocycles. The van der Waals surface area contributed by atoms with Gasteiger partial charge in [-0.1, -0.05) is 57.8 Å². The molecule has 1 atom stereocenters. The van der Waals surface area contributed by atoms with Crippen LogP contribution in [0.15, 0.2) is 58.9 Å². The Morgan fingerprint density at radius 2 is 1.86 bits per heavy atom. The number of hydrogen-bond acceptors (Lipinski definition) is 3. The minimum atomic E-state index is -3.95. The van der Waals surface area contributed by atoms with Crippen molar-refractivity contribution < 1.29 is 22.7 Å².